The molecule has 1 heteroatoms. The highest BCUT2D eigenvalue weighted by Gasteiger charge is 2.73. The first-order valence-corrected chi connectivity index (χ1v) is 6.80. The Hall–Kier alpha value is -0.0400. The summed E-state index contributed by atoms with van der Waals surface area (Å²) in [6.07, 6.45) is 1.54. The van der Waals surface area contributed by atoms with E-state index in [1.807, 2.05) is 0 Å². The molecule has 1 saturated heterocycles. The molecule has 4 aliphatic rings. The Bertz CT molecular complexity index is 321. The molecule has 84 valence electrons. The van der Waals surface area contributed by atoms with Gasteiger partial charge in [-0.2, -0.15) is 0 Å². The van der Waals surface area contributed by atoms with Crippen molar-refractivity contribution in [1.82, 2.24) is 5.32 Å². The second-order valence-electron chi connectivity index (χ2n) is 7.39. The summed E-state index contributed by atoms with van der Waals surface area (Å²) in [7, 11) is 0. The van der Waals surface area contributed by atoms with Crippen LogP contribution in [0, 0.1) is 41.4 Å². The average Bonchev–Trinajstić information content (AvgIpc) is 2.74. The Balaban J connectivity index is 1.52. The average molecular weight is 205 g/mol. The lowest BCUT2D eigenvalue weighted by molar-refractivity contribution is -0.270. The van der Waals surface area contributed by atoms with Crippen LogP contribution in [0.5, 0.6) is 0 Å². The zero-order chi connectivity index (χ0) is 10.5. The summed E-state index contributed by atoms with van der Waals surface area (Å²) in [5.74, 6) is 7.63. The van der Waals surface area contributed by atoms with Crippen LogP contribution in [0.25, 0.3) is 0 Å². The molecule has 1 nitrogen and oxygen atoms in total. The smallest absolute Gasteiger partial charge is 0.0284 e. The Morgan fingerprint density at radius 2 is 1.67 bits per heavy atom. The molecule has 1 heterocycles. The first-order valence-electron chi connectivity index (χ1n) is 6.80. The highest BCUT2D eigenvalue weighted by molar-refractivity contribution is 5.24. The second-order valence-corrected chi connectivity index (χ2v) is 7.39. The van der Waals surface area contributed by atoms with Gasteiger partial charge in [-0.05, 0) is 61.7 Å². The minimum Gasteiger partial charge on any atom is -0.305 e. The van der Waals surface area contributed by atoms with Gasteiger partial charge < -0.3 is 5.32 Å². The number of hydrogen-bond donors (Lipinski definition) is 1. The quantitative estimate of drug-likeness (QED) is 0.653. The van der Waals surface area contributed by atoms with Crippen molar-refractivity contribution in [3.8, 4) is 0 Å². The van der Waals surface area contributed by atoms with Crippen molar-refractivity contribution in [1.29, 1.82) is 0 Å². The summed E-state index contributed by atoms with van der Waals surface area (Å²) in [5.41, 5.74) is 0.463. The van der Waals surface area contributed by atoms with Crippen LogP contribution in [0.15, 0.2) is 0 Å². The van der Waals surface area contributed by atoms with Gasteiger partial charge in [0, 0.05) is 11.6 Å². The molecule has 15 heavy (non-hydrogen) atoms. The van der Waals surface area contributed by atoms with Crippen molar-refractivity contribution in [2.24, 2.45) is 41.4 Å². The molecule has 4 fully saturated rings. The number of hydrogen-bond acceptors (Lipinski definition) is 1. The molecule has 8 atom stereocenters. The standard InChI is InChI=1S/C14H23N/c1-6-5-8-9(6)10-7(2)11(12(8)10)13-14(3,4)15-13/h6-13,15H,5H2,1-4H3. The third-order valence-corrected chi connectivity index (χ3v) is 6.44. The minimum absolute atomic E-state index is 0.463. The zero-order valence-corrected chi connectivity index (χ0v) is 10.3. The van der Waals surface area contributed by atoms with Crippen LogP contribution in [0.4, 0.5) is 0 Å². The van der Waals surface area contributed by atoms with E-state index < -0.39 is 0 Å². The van der Waals surface area contributed by atoms with E-state index in [0.717, 1.165) is 47.5 Å². The van der Waals surface area contributed by atoms with Gasteiger partial charge in [-0.25, -0.2) is 0 Å². The topological polar surface area (TPSA) is 21.9 Å². The van der Waals surface area contributed by atoms with Gasteiger partial charge in [0.2, 0.25) is 0 Å². The fourth-order valence-corrected chi connectivity index (χ4v) is 5.61. The molecule has 0 spiro atoms. The third-order valence-electron chi connectivity index (χ3n) is 6.44. The Morgan fingerprint density at radius 1 is 1.00 bits per heavy atom. The summed E-state index contributed by atoms with van der Waals surface area (Å²) in [5, 5.41) is 3.70. The van der Waals surface area contributed by atoms with Gasteiger partial charge in [0.1, 0.15) is 0 Å². The van der Waals surface area contributed by atoms with Crippen LogP contribution < -0.4 is 5.32 Å². The summed E-state index contributed by atoms with van der Waals surface area (Å²) >= 11 is 0. The molecule has 0 aromatic carbocycles. The maximum absolute atomic E-state index is 3.70. The SMILES string of the molecule is CC1CC2C1C1C(C)C(C3NC3(C)C)C21. The van der Waals surface area contributed by atoms with Crippen molar-refractivity contribution in [3.05, 3.63) is 0 Å². The van der Waals surface area contributed by atoms with E-state index in [1.165, 1.54) is 0 Å². The molecular formula is C14H23N. The lowest BCUT2D eigenvalue weighted by Crippen LogP contribution is -2.71. The highest BCUT2D eigenvalue weighted by Crippen LogP contribution is 2.75. The van der Waals surface area contributed by atoms with Crippen LogP contribution in [-0.2, 0) is 0 Å². The molecule has 0 radical (unpaired) electrons. The van der Waals surface area contributed by atoms with E-state index in [-0.39, 0.29) is 0 Å². The monoisotopic (exact) mass is 205 g/mol. The number of nitrogens with one attached hydrogen (secondary N) is 1. The molecule has 0 aromatic heterocycles. The molecule has 0 bridgehead atoms. The second kappa shape index (κ2) is 2.30. The van der Waals surface area contributed by atoms with Gasteiger partial charge >= 0.3 is 0 Å². The van der Waals surface area contributed by atoms with E-state index in [2.05, 4.69) is 33.0 Å². The summed E-state index contributed by atoms with van der Waals surface area (Å²) in [4.78, 5) is 0. The van der Waals surface area contributed by atoms with Crippen molar-refractivity contribution >= 4 is 0 Å². The molecule has 1 N–H and O–H groups in total. The lowest BCUT2D eigenvalue weighted by Gasteiger charge is -2.75. The van der Waals surface area contributed by atoms with E-state index in [0.29, 0.717) is 5.54 Å². The summed E-state index contributed by atoms with van der Waals surface area (Å²) in [6.45, 7) is 9.73. The number of fused-ring (bicyclic) bond motifs is 4. The van der Waals surface area contributed by atoms with E-state index >= 15 is 0 Å². The van der Waals surface area contributed by atoms with E-state index in [4.69, 9.17) is 0 Å². The fraction of sp³-hybridized carbons (Fsp3) is 1.00. The maximum Gasteiger partial charge on any atom is 0.0284 e. The molecule has 0 amide bonds. The van der Waals surface area contributed by atoms with E-state index in [1.54, 1.807) is 6.42 Å². The normalized spacial score (nSPS) is 68.0. The Kier molecular flexibility index (Phi) is 1.38. The van der Waals surface area contributed by atoms with Gasteiger partial charge in [0.15, 0.2) is 0 Å². The molecule has 8 unspecified atom stereocenters. The first-order chi connectivity index (χ1) is 7.02. The Labute approximate surface area is 93.0 Å². The van der Waals surface area contributed by atoms with Gasteiger partial charge in [-0.15, -0.1) is 0 Å². The molecule has 3 aliphatic carbocycles. The maximum atomic E-state index is 3.70. The van der Waals surface area contributed by atoms with Crippen molar-refractivity contribution in [2.45, 2.75) is 45.7 Å². The largest absolute Gasteiger partial charge is 0.305 e. The van der Waals surface area contributed by atoms with Gasteiger partial charge in [-0.1, -0.05) is 13.8 Å². The minimum atomic E-state index is 0.463. The Morgan fingerprint density at radius 3 is 2.20 bits per heavy atom. The molecule has 0 aromatic rings. The third kappa shape index (κ3) is 0.833. The van der Waals surface area contributed by atoms with Gasteiger partial charge in [0.25, 0.3) is 0 Å². The van der Waals surface area contributed by atoms with Crippen molar-refractivity contribution < 1.29 is 0 Å². The predicted molar refractivity (Wildman–Crippen MR) is 61.4 cm³/mol. The van der Waals surface area contributed by atoms with Crippen LogP contribution in [0.1, 0.15) is 34.1 Å². The van der Waals surface area contributed by atoms with Gasteiger partial charge in [-0.3, -0.25) is 0 Å². The molecule has 4 rings (SSSR count). The highest BCUT2D eigenvalue weighted by atomic mass is 15.2. The number of rotatable bonds is 1. The molecule has 1 aliphatic heterocycles. The fourth-order valence-electron chi connectivity index (χ4n) is 5.61. The first kappa shape index (κ1) is 9.04. The van der Waals surface area contributed by atoms with Crippen LogP contribution in [-0.4, -0.2) is 11.6 Å². The van der Waals surface area contributed by atoms with Crippen LogP contribution in [0.3, 0.4) is 0 Å². The van der Waals surface area contributed by atoms with E-state index in [9.17, 15) is 0 Å². The lowest BCUT2D eigenvalue weighted by atomic mass is 9.30. The van der Waals surface area contributed by atoms with Crippen molar-refractivity contribution in [2.75, 3.05) is 0 Å². The predicted octanol–water partition coefficient (Wildman–Crippen LogP) is 2.52. The van der Waals surface area contributed by atoms with Gasteiger partial charge in [0.05, 0.1) is 0 Å². The summed E-state index contributed by atoms with van der Waals surface area (Å²) < 4.78 is 0. The van der Waals surface area contributed by atoms with Crippen LogP contribution >= 0.6 is 0 Å². The van der Waals surface area contributed by atoms with Crippen molar-refractivity contribution in [3.63, 3.8) is 0 Å². The summed E-state index contributed by atoms with van der Waals surface area (Å²) in [6, 6.07) is 0.852. The van der Waals surface area contributed by atoms with Crippen LogP contribution in [0.2, 0.25) is 0 Å². The molecule has 3 saturated carbocycles. The molecular weight excluding hydrogens is 182 g/mol. The zero-order valence-electron chi connectivity index (χ0n) is 10.3.